The summed E-state index contributed by atoms with van der Waals surface area (Å²) in [6.45, 7) is 13.4. The van der Waals surface area contributed by atoms with Gasteiger partial charge in [0.1, 0.15) is 0 Å². The maximum atomic E-state index is 2.45. The van der Waals surface area contributed by atoms with E-state index in [0.29, 0.717) is 0 Å². The van der Waals surface area contributed by atoms with Gasteiger partial charge >= 0.3 is 0 Å². The molecule has 0 bridgehead atoms. The second-order valence-corrected chi connectivity index (χ2v) is 4.56. The predicted octanol–water partition coefficient (Wildman–Crippen LogP) is 4.49. The Labute approximate surface area is 78.8 Å². The average molecular weight is 170 g/mol. The van der Waals surface area contributed by atoms with E-state index in [9.17, 15) is 0 Å². The molecule has 1 saturated carbocycles. The minimum atomic E-state index is 0.739. The Balaban J connectivity index is 0.000000561. The highest BCUT2D eigenvalue weighted by Gasteiger charge is 2.47. The normalized spacial score (nSPS) is 32.8. The lowest BCUT2D eigenvalue weighted by atomic mass is 9.93. The molecule has 1 aliphatic rings. The zero-order valence-electron chi connectivity index (χ0n) is 9.78. The Morgan fingerprint density at radius 3 is 2.08 bits per heavy atom. The van der Waals surface area contributed by atoms with Crippen LogP contribution in [-0.2, 0) is 0 Å². The van der Waals surface area contributed by atoms with Crippen LogP contribution in [0.1, 0.15) is 60.8 Å². The topological polar surface area (TPSA) is 0 Å². The molecule has 0 amide bonds. The highest BCUT2D eigenvalue weighted by atomic mass is 14.5. The largest absolute Gasteiger partial charge is 0.0683 e. The fourth-order valence-corrected chi connectivity index (χ4v) is 2.32. The van der Waals surface area contributed by atoms with E-state index >= 15 is 0 Å². The molecule has 0 aromatic rings. The van der Waals surface area contributed by atoms with Crippen LogP contribution in [0.4, 0.5) is 0 Å². The lowest BCUT2D eigenvalue weighted by Crippen LogP contribution is -2.02. The van der Waals surface area contributed by atoms with Gasteiger partial charge in [-0.3, -0.25) is 0 Å². The first-order valence-electron chi connectivity index (χ1n) is 5.58. The summed E-state index contributed by atoms with van der Waals surface area (Å²) in [6.07, 6.45) is 4.32. The molecule has 2 unspecified atom stereocenters. The van der Waals surface area contributed by atoms with Crippen LogP contribution in [0.25, 0.3) is 0 Å². The highest BCUT2D eigenvalue weighted by Crippen LogP contribution is 2.57. The van der Waals surface area contributed by atoms with Crippen LogP contribution in [0, 0.1) is 17.3 Å². The molecule has 0 aromatic carbocycles. The van der Waals surface area contributed by atoms with Crippen LogP contribution >= 0.6 is 0 Å². The molecule has 0 radical (unpaired) electrons. The van der Waals surface area contributed by atoms with Gasteiger partial charge < -0.3 is 0 Å². The molecule has 0 aromatic heterocycles. The third-order valence-electron chi connectivity index (χ3n) is 2.91. The minimum absolute atomic E-state index is 0.739. The van der Waals surface area contributed by atoms with Crippen molar-refractivity contribution in [3.63, 3.8) is 0 Å². The van der Waals surface area contributed by atoms with E-state index in [4.69, 9.17) is 0 Å². The van der Waals surface area contributed by atoms with Crippen molar-refractivity contribution < 1.29 is 0 Å². The van der Waals surface area contributed by atoms with Crippen LogP contribution in [0.2, 0.25) is 0 Å². The van der Waals surface area contributed by atoms with Crippen molar-refractivity contribution in [2.24, 2.45) is 17.3 Å². The first kappa shape index (κ1) is 12.0. The summed E-state index contributed by atoms with van der Waals surface area (Å²) in [6, 6.07) is 0. The molecule has 0 saturated heterocycles. The first-order chi connectivity index (χ1) is 5.58. The van der Waals surface area contributed by atoms with E-state index in [1.807, 2.05) is 13.8 Å². The number of hydrogen-bond acceptors (Lipinski definition) is 0. The zero-order chi connectivity index (χ0) is 9.78. The Hall–Kier alpha value is 0. The van der Waals surface area contributed by atoms with Gasteiger partial charge in [-0.1, -0.05) is 48.0 Å². The van der Waals surface area contributed by atoms with Gasteiger partial charge in [0.25, 0.3) is 0 Å². The van der Waals surface area contributed by atoms with Crippen LogP contribution in [-0.4, -0.2) is 0 Å². The van der Waals surface area contributed by atoms with Gasteiger partial charge in [-0.15, -0.1) is 0 Å². The SMILES string of the molecule is CC.CCC1CC1(C)CC(C)C. The van der Waals surface area contributed by atoms with Crippen molar-refractivity contribution in [1.29, 1.82) is 0 Å². The van der Waals surface area contributed by atoms with Crippen LogP contribution in [0.5, 0.6) is 0 Å². The molecule has 2 atom stereocenters. The minimum Gasteiger partial charge on any atom is -0.0683 e. The number of hydrogen-bond donors (Lipinski definition) is 0. The molecule has 12 heavy (non-hydrogen) atoms. The molecule has 0 spiro atoms. The van der Waals surface area contributed by atoms with E-state index in [2.05, 4.69) is 27.7 Å². The summed E-state index contributed by atoms with van der Waals surface area (Å²) >= 11 is 0. The molecule has 1 rings (SSSR count). The maximum absolute atomic E-state index is 2.45. The Morgan fingerprint density at radius 2 is 1.83 bits per heavy atom. The summed E-state index contributed by atoms with van der Waals surface area (Å²) in [5, 5.41) is 0. The molecule has 0 heterocycles. The van der Waals surface area contributed by atoms with E-state index < -0.39 is 0 Å². The fraction of sp³-hybridized carbons (Fsp3) is 1.00. The summed E-state index contributed by atoms with van der Waals surface area (Å²) in [5.74, 6) is 1.94. The van der Waals surface area contributed by atoms with E-state index in [1.54, 1.807) is 0 Å². The van der Waals surface area contributed by atoms with Gasteiger partial charge in [0.2, 0.25) is 0 Å². The second-order valence-electron chi connectivity index (χ2n) is 4.56. The van der Waals surface area contributed by atoms with Gasteiger partial charge in [-0.05, 0) is 30.1 Å². The van der Waals surface area contributed by atoms with Crippen molar-refractivity contribution in [2.45, 2.75) is 60.8 Å². The smallest absolute Gasteiger partial charge is 0.0292 e. The van der Waals surface area contributed by atoms with E-state index in [-0.39, 0.29) is 0 Å². The Kier molecular flexibility index (Phi) is 4.89. The lowest BCUT2D eigenvalue weighted by Gasteiger charge is -2.12. The molecule has 0 heteroatoms. The standard InChI is InChI=1S/C10H20.C2H6/c1-5-9-7-10(9,4)6-8(2)3;1-2/h8-9H,5-7H2,1-4H3;1-2H3. The second kappa shape index (κ2) is 4.89. The Bertz CT molecular complexity index is 115. The van der Waals surface area contributed by atoms with Gasteiger partial charge in [0, 0.05) is 0 Å². The zero-order valence-corrected chi connectivity index (χ0v) is 9.78. The van der Waals surface area contributed by atoms with Gasteiger partial charge in [-0.2, -0.15) is 0 Å². The average Bonchev–Trinajstić information content (AvgIpc) is 2.64. The predicted molar refractivity (Wildman–Crippen MR) is 57.3 cm³/mol. The molecular weight excluding hydrogens is 144 g/mol. The molecule has 0 N–H and O–H groups in total. The summed E-state index contributed by atoms with van der Waals surface area (Å²) in [4.78, 5) is 0. The fourth-order valence-electron chi connectivity index (χ4n) is 2.32. The monoisotopic (exact) mass is 170 g/mol. The summed E-state index contributed by atoms with van der Waals surface area (Å²) in [7, 11) is 0. The quantitative estimate of drug-likeness (QED) is 0.585. The van der Waals surface area contributed by atoms with Crippen molar-refractivity contribution in [3.05, 3.63) is 0 Å². The molecule has 1 fully saturated rings. The Morgan fingerprint density at radius 1 is 1.33 bits per heavy atom. The molecule has 74 valence electrons. The summed E-state index contributed by atoms with van der Waals surface area (Å²) in [5.41, 5.74) is 0.739. The van der Waals surface area contributed by atoms with E-state index in [1.165, 1.54) is 19.3 Å². The van der Waals surface area contributed by atoms with Crippen LogP contribution in [0.3, 0.4) is 0 Å². The third kappa shape index (κ3) is 3.16. The van der Waals surface area contributed by atoms with Crippen LogP contribution < -0.4 is 0 Å². The van der Waals surface area contributed by atoms with Crippen molar-refractivity contribution in [1.82, 2.24) is 0 Å². The molecular formula is C12H26. The van der Waals surface area contributed by atoms with Gasteiger partial charge in [-0.25, -0.2) is 0 Å². The van der Waals surface area contributed by atoms with Crippen molar-refractivity contribution in [2.75, 3.05) is 0 Å². The highest BCUT2D eigenvalue weighted by molar-refractivity contribution is 4.97. The van der Waals surface area contributed by atoms with Crippen LogP contribution in [0.15, 0.2) is 0 Å². The van der Waals surface area contributed by atoms with Gasteiger partial charge in [0.05, 0.1) is 0 Å². The lowest BCUT2D eigenvalue weighted by molar-refractivity contribution is 0.383. The van der Waals surface area contributed by atoms with E-state index in [0.717, 1.165) is 17.3 Å². The first-order valence-corrected chi connectivity index (χ1v) is 5.58. The van der Waals surface area contributed by atoms with Crippen molar-refractivity contribution >= 4 is 0 Å². The molecule has 0 nitrogen and oxygen atoms in total. The number of rotatable bonds is 3. The maximum Gasteiger partial charge on any atom is -0.0292 e. The third-order valence-corrected chi connectivity index (χ3v) is 2.91. The van der Waals surface area contributed by atoms with Crippen molar-refractivity contribution in [3.8, 4) is 0 Å². The molecule has 0 aliphatic heterocycles. The molecule has 1 aliphatic carbocycles. The van der Waals surface area contributed by atoms with Gasteiger partial charge in [0.15, 0.2) is 0 Å². The summed E-state index contributed by atoms with van der Waals surface area (Å²) < 4.78 is 0.